The number of sulfonamides is 1. The second-order valence-electron chi connectivity index (χ2n) is 5.86. The van der Waals surface area contributed by atoms with Gasteiger partial charge in [0.2, 0.25) is 0 Å². The molecule has 0 spiro atoms. The van der Waals surface area contributed by atoms with Gasteiger partial charge in [-0.25, -0.2) is 35.4 Å². The number of alkyl halides is 2. The highest BCUT2D eigenvalue weighted by Gasteiger charge is 2.28. The molecule has 1 unspecified atom stereocenters. The van der Waals surface area contributed by atoms with Crippen LogP contribution in [0.4, 0.5) is 33.5 Å². The molecule has 0 saturated carbocycles. The van der Waals surface area contributed by atoms with Gasteiger partial charge in [0.15, 0.2) is 5.82 Å². The molecule has 0 fully saturated rings. The van der Waals surface area contributed by atoms with Crippen LogP contribution in [0.15, 0.2) is 46.1 Å². The molecule has 1 atom stereocenters. The van der Waals surface area contributed by atoms with E-state index in [4.69, 9.17) is 11.6 Å². The Bertz CT molecular complexity index is 1160. The van der Waals surface area contributed by atoms with Crippen molar-refractivity contribution in [1.29, 1.82) is 0 Å². The Kier molecular flexibility index (Phi) is 6.48. The maximum atomic E-state index is 14.5. The van der Waals surface area contributed by atoms with Gasteiger partial charge in [-0.3, -0.25) is 4.72 Å². The van der Waals surface area contributed by atoms with E-state index in [1.807, 2.05) is 4.72 Å². The second kappa shape index (κ2) is 8.74. The van der Waals surface area contributed by atoms with E-state index >= 15 is 0 Å². The Morgan fingerprint density at radius 2 is 1.80 bits per heavy atom. The van der Waals surface area contributed by atoms with Crippen molar-refractivity contribution < 1.29 is 30.4 Å². The van der Waals surface area contributed by atoms with Crippen LogP contribution in [0.2, 0.25) is 5.02 Å². The lowest BCUT2D eigenvalue weighted by Gasteiger charge is -2.21. The molecule has 0 aliphatic rings. The quantitative estimate of drug-likeness (QED) is 0.439. The van der Waals surface area contributed by atoms with Crippen LogP contribution in [0.1, 0.15) is 11.6 Å². The zero-order chi connectivity index (χ0) is 22.1. The van der Waals surface area contributed by atoms with Crippen molar-refractivity contribution in [2.24, 2.45) is 0 Å². The third-order valence-electron chi connectivity index (χ3n) is 3.84. The van der Waals surface area contributed by atoms with Crippen molar-refractivity contribution in [2.45, 2.75) is 17.4 Å². The van der Waals surface area contributed by atoms with Gasteiger partial charge in [0.1, 0.15) is 28.4 Å². The number of rotatable bonds is 7. The molecule has 0 bridgehead atoms. The van der Waals surface area contributed by atoms with Crippen LogP contribution >= 0.6 is 22.9 Å². The summed E-state index contributed by atoms with van der Waals surface area (Å²) < 4.78 is 95.5. The fourth-order valence-corrected chi connectivity index (χ4v) is 4.42. The van der Waals surface area contributed by atoms with Gasteiger partial charge in [-0.15, -0.1) is 11.3 Å². The lowest BCUT2D eigenvalue weighted by atomic mass is 10.1. The summed E-state index contributed by atoms with van der Waals surface area (Å²) in [5.74, 6) is -3.42. The fourth-order valence-electron chi connectivity index (χ4n) is 2.50. The van der Waals surface area contributed by atoms with Crippen LogP contribution < -0.4 is 10.0 Å². The van der Waals surface area contributed by atoms with E-state index in [0.29, 0.717) is 24.3 Å². The molecule has 2 aromatic carbocycles. The smallest absolute Gasteiger partial charge is 0.266 e. The molecule has 0 radical (unpaired) electrons. The summed E-state index contributed by atoms with van der Waals surface area (Å²) in [7, 11) is -4.41. The maximum Gasteiger partial charge on any atom is 0.266 e. The van der Waals surface area contributed by atoms with E-state index < -0.39 is 61.1 Å². The fraction of sp³-hybridized carbons (Fsp3) is 0.118. The molecule has 0 aliphatic carbocycles. The van der Waals surface area contributed by atoms with E-state index in [2.05, 4.69) is 10.3 Å². The van der Waals surface area contributed by atoms with E-state index in [9.17, 15) is 30.4 Å². The van der Waals surface area contributed by atoms with Crippen molar-refractivity contribution >= 4 is 44.5 Å². The minimum Gasteiger partial charge on any atom is -0.372 e. The normalized spacial score (nSPS) is 12.8. The first-order valence-corrected chi connectivity index (χ1v) is 10.8. The summed E-state index contributed by atoms with van der Waals surface area (Å²) >= 11 is 7.05. The van der Waals surface area contributed by atoms with Crippen LogP contribution in [0, 0.1) is 17.5 Å². The lowest BCUT2D eigenvalue weighted by molar-refractivity contribution is 0.123. The predicted octanol–water partition coefficient (Wildman–Crippen LogP) is 5.43. The van der Waals surface area contributed by atoms with Crippen molar-refractivity contribution in [3.8, 4) is 0 Å². The van der Waals surface area contributed by atoms with Gasteiger partial charge >= 0.3 is 0 Å². The molecule has 2 N–H and O–H groups in total. The summed E-state index contributed by atoms with van der Waals surface area (Å²) in [5, 5.41) is 3.08. The first-order chi connectivity index (χ1) is 14.1. The van der Waals surface area contributed by atoms with Crippen LogP contribution in [-0.4, -0.2) is 19.8 Å². The highest BCUT2D eigenvalue weighted by atomic mass is 35.5. The van der Waals surface area contributed by atoms with Gasteiger partial charge in [-0.1, -0.05) is 11.6 Å². The number of nitrogens with zero attached hydrogens (tertiary/aromatic N) is 1. The number of nitrogens with one attached hydrogen (secondary N) is 2. The number of anilines is 2. The third-order valence-corrected chi connectivity index (χ3v) is 6.11. The van der Waals surface area contributed by atoms with E-state index in [1.165, 1.54) is 10.9 Å². The number of hydrogen-bond donors (Lipinski definition) is 2. The summed E-state index contributed by atoms with van der Waals surface area (Å²) in [5.41, 5.74) is 0.212. The zero-order valence-corrected chi connectivity index (χ0v) is 16.9. The monoisotopic (exact) mass is 483 g/mol. The SMILES string of the molecule is O=S(=O)(Nc1cscn1)c1cc(Cl)c(NC(c2cc(F)ccc2F)C(F)F)cc1F. The van der Waals surface area contributed by atoms with Crippen LogP contribution in [0.3, 0.4) is 0 Å². The van der Waals surface area contributed by atoms with E-state index in [-0.39, 0.29) is 5.82 Å². The molecule has 0 aliphatic heterocycles. The molecule has 1 aromatic heterocycles. The average Bonchev–Trinajstić information content (AvgIpc) is 3.16. The second-order valence-corrected chi connectivity index (χ2v) is 8.64. The number of halogens is 6. The van der Waals surface area contributed by atoms with E-state index in [1.54, 1.807) is 0 Å². The molecule has 0 saturated heterocycles. The number of aromatic nitrogens is 1. The Balaban J connectivity index is 1.95. The summed E-state index contributed by atoms with van der Waals surface area (Å²) in [4.78, 5) is 2.86. The Morgan fingerprint density at radius 3 is 2.43 bits per heavy atom. The summed E-state index contributed by atoms with van der Waals surface area (Å²) in [6, 6.07) is 1.20. The minimum absolute atomic E-state index is 0.0444. The Labute approximate surface area is 176 Å². The van der Waals surface area contributed by atoms with Crippen LogP contribution in [0.5, 0.6) is 0 Å². The van der Waals surface area contributed by atoms with Crippen LogP contribution in [-0.2, 0) is 10.0 Å². The topological polar surface area (TPSA) is 71.1 Å². The first-order valence-electron chi connectivity index (χ1n) is 7.98. The third kappa shape index (κ3) is 4.82. The molecule has 13 heteroatoms. The van der Waals surface area contributed by atoms with Gasteiger partial charge in [-0.05, 0) is 30.3 Å². The summed E-state index contributed by atoms with van der Waals surface area (Å²) in [6.07, 6.45) is -3.23. The van der Waals surface area contributed by atoms with Crippen molar-refractivity contribution in [1.82, 2.24) is 4.98 Å². The molecule has 30 heavy (non-hydrogen) atoms. The zero-order valence-electron chi connectivity index (χ0n) is 14.5. The first kappa shape index (κ1) is 22.2. The maximum absolute atomic E-state index is 14.5. The molecule has 3 rings (SSSR count). The number of hydrogen-bond acceptors (Lipinski definition) is 5. The van der Waals surface area contributed by atoms with Crippen molar-refractivity contribution in [3.63, 3.8) is 0 Å². The number of thiazole rings is 1. The van der Waals surface area contributed by atoms with Gasteiger partial charge in [0.25, 0.3) is 16.4 Å². The van der Waals surface area contributed by atoms with Gasteiger partial charge in [0, 0.05) is 10.9 Å². The standard InChI is InChI=1S/C17H11ClF5N3O2S2/c18-10-4-14(30(27,28)26-15-6-29-7-24-15)12(21)5-13(10)25-16(17(22)23)9-3-8(19)1-2-11(9)20/h1-7,16-17,25-26H. The largest absolute Gasteiger partial charge is 0.372 e. The molecule has 3 aromatic rings. The van der Waals surface area contributed by atoms with Crippen molar-refractivity contribution in [2.75, 3.05) is 10.0 Å². The molecule has 5 nitrogen and oxygen atoms in total. The highest BCUT2D eigenvalue weighted by Crippen LogP contribution is 2.34. The van der Waals surface area contributed by atoms with Crippen LogP contribution in [0.25, 0.3) is 0 Å². The number of benzene rings is 2. The molecular formula is C17H11ClF5N3O2S2. The molecular weight excluding hydrogens is 473 g/mol. The molecule has 0 amide bonds. The van der Waals surface area contributed by atoms with Gasteiger partial charge < -0.3 is 5.32 Å². The van der Waals surface area contributed by atoms with Gasteiger partial charge in [-0.2, -0.15) is 0 Å². The molecule has 160 valence electrons. The highest BCUT2D eigenvalue weighted by molar-refractivity contribution is 7.92. The van der Waals surface area contributed by atoms with Crippen molar-refractivity contribution in [3.05, 3.63) is 69.3 Å². The van der Waals surface area contributed by atoms with Gasteiger partial charge in [0.05, 0.1) is 16.2 Å². The summed E-state index contributed by atoms with van der Waals surface area (Å²) in [6.45, 7) is 0. The minimum atomic E-state index is -4.41. The predicted molar refractivity (Wildman–Crippen MR) is 103 cm³/mol. The lowest BCUT2D eigenvalue weighted by Crippen LogP contribution is -2.21. The average molecular weight is 484 g/mol. The Morgan fingerprint density at radius 1 is 1.07 bits per heavy atom. The van der Waals surface area contributed by atoms with E-state index in [0.717, 1.165) is 17.4 Å². The Hall–Kier alpha value is -2.44. The molecule has 1 heterocycles.